The van der Waals surface area contributed by atoms with Crippen LogP contribution in [0.15, 0.2) is 82.9 Å². The van der Waals surface area contributed by atoms with E-state index in [1.54, 1.807) is 48.8 Å². The summed E-state index contributed by atoms with van der Waals surface area (Å²) in [5, 5.41) is 3.09. The lowest BCUT2D eigenvalue weighted by molar-refractivity contribution is -0.122. The lowest BCUT2D eigenvalue weighted by atomic mass is 9.84. The maximum atomic E-state index is 13.8. The first kappa shape index (κ1) is 25.5. The number of aryl methyl sites for hydroxylation is 1. The lowest BCUT2D eigenvalue weighted by Crippen LogP contribution is -2.33. The van der Waals surface area contributed by atoms with Gasteiger partial charge >= 0.3 is 4.87 Å². The van der Waals surface area contributed by atoms with Crippen molar-refractivity contribution in [2.24, 2.45) is 5.92 Å². The number of rotatable bonds is 5. The maximum Gasteiger partial charge on any atom is 0.308 e. The first-order chi connectivity index (χ1) is 18.8. The number of nitrogens with zero attached hydrogens (tertiary/aromatic N) is 3. The number of imide groups is 1. The summed E-state index contributed by atoms with van der Waals surface area (Å²) in [6.45, 7) is 1.71. The van der Waals surface area contributed by atoms with Gasteiger partial charge in [0.25, 0.3) is 0 Å². The number of halogens is 1. The van der Waals surface area contributed by atoms with Crippen LogP contribution in [-0.2, 0) is 20.9 Å². The minimum absolute atomic E-state index is 0.216. The summed E-state index contributed by atoms with van der Waals surface area (Å²) in [4.78, 5) is 59.5. The summed E-state index contributed by atoms with van der Waals surface area (Å²) < 4.78 is 1.40. The molecular weight excluding hydrogens is 556 g/mol. The smallest absolute Gasteiger partial charge is 0.308 e. The van der Waals surface area contributed by atoms with Gasteiger partial charge < -0.3 is 5.32 Å². The molecule has 2 aromatic heterocycles. The first-order valence-electron chi connectivity index (χ1n) is 12.1. The Kier molecular flexibility index (Phi) is 6.62. The number of benzene rings is 2. The zero-order chi connectivity index (χ0) is 27.3. The molecule has 2 unspecified atom stereocenters. The number of nitrogens with one attached hydrogen (secondary N) is 1. The molecule has 2 aromatic carbocycles. The topological polar surface area (TPSA) is 101 Å². The fourth-order valence-electron chi connectivity index (χ4n) is 5.09. The number of amides is 3. The molecule has 0 spiro atoms. The van der Waals surface area contributed by atoms with Gasteiger partial charge in [0, 0.05) is 33.9 Å². The standard InChI is InChI=1S/C28H21ClN4O4S2/c1-15-4-2-6-18(12-15)31-20(34)14-32-27-24(39-28(32)37)21(16-5-3-11-30-13-16)22-23(38-27)26(36)33(25(22)35)19-9-7-17(29)8-10-19/h2-13,21-23H,14H2,1H3,(H,31,34)/t21-,22?,23?/m1/s1. The van der Waals surface area contributed by atoms with Crippen molar-refractivity contribution < 1.29 is 14.4 Å². The monoisotopic (exact) mass is 576 g/mol. The maximum absolute atomic E-state index is 13.8. The van der Waals surface area contributed by atoms with Crippen molar-refractivity contribution in [2.45, 2.75) is 29.7 Å². The van der Waals surface area contributed by atoms with Crippen LogP contribution in [0.4, 0.5) is 11.4 Å². The van der Waals surface area contributed by atoms with E-state index in [1.165, 1.54) is 21.2 Å². The molecule has 1 fully saturated rings. The highest BCUT2D eigenvalue weighted by Gasteiger charge is 2.56. The molecule has 1 N–H and O–H groups in total. The summed E-state index contributed by atoms with van der Waals surface area (Å²) in [6.07, 6.45) is 3.29. The normalized spacial score (nSPS) is 20.1. The second kappa shape index (κ2) is 10.1. The largest absolute Gasteiger partial charge is 0.325 e. The third-order valence-electron chi connectivity index (χ3n) is 6.78. The van der Waals surface area contributed by atoms with Crippen molar-refractivity contribution in [3.05, 3.63) is 104 Å². The van der Waals surface area contributed by atoms with Gasteiger partial charge in [-0.1, -0.05) is 52.9 Å². The van der Waals surface area contributed by atoms with Gasteiger partial charge in [0.05, 0.1) is 16.6 Å². The van der Waals surface area contributed by atoms with Gasteiger partial charge in [0.1, 0.15) is 11.8 Å². The molecule has 11 heteroatoms. The van der Waals surface area contributed by atoms with Crippen LogP contribution in [0, 0.1) is 12.8 Å². The van der Waals surface area contributed by atoms with E-state index in [2.05, 4.69) is 10.3 Å². The highest BCUT2D eigenvalue weighted by Crippen LogP contribution is 2.53. The molecule has 0 bridgehead atoms. The predicted octanol–water partition coefficient (Wildman–Crippen LogP) is 4.70. The van der Waals surface area contributed by atoms with Gasteiger partial charge in [0.15, 0.2) is 0 Å². The van der Waals surface area contributed by atoms with Crippen LogP contribution in [0.3, 0.4) is 0 Å². The minimum Gasteiger partial charge on any atom is -0.325 e. The summed E-state index contributed by atoms with van der Waals surface area (Å²) in [5.41, 5.74) is 2.79. The van der Waals surface area contributed by atoms with Crippen molar-refractivity contribution in [3.8, 4) is 0 Å². The Morgan fingerprint density at radius 3 is 2.56 bits per heavy atom. The molecule has 3 amide bonds. The molecule has 0 aliphatic carbocycles. The summed E-state index contributed by atoms with van der Waals surface area (Å²) >= 11 is 8.21. The molecule has 196 valence electrons. The Morgan fingerprint density at radius 1 is 1.05 bits per heavy atom. The minimum atomic E-state index is -0.772. The Balaban J connectivity index is 1.40. The average molecular weight is 577 g/mol. The number of carbonyl (C=O) groups is 3. The van der Waals surface area contributed by atoms with Crippen LogP contribution in [0.25, 0.3) is 0 Å². The van der Waals surface area contributed by atoms with Crippen LogP contribution < -0.4 is 15.1 Å². The molecule has 4 aromatic rings. The van der Waals surface area contributed by atoms with E-state index in [1.807, 2.05) is 31.2 Å². The Labute approximate surface area is 236 Å². The number of thiazole rings is 1. The van der Waals surface area contributed by atoms with Crippen molar-refractivity contribution in [3.63, 3.8) is 0 Å². The zero-order valence-electron chi connectivity index (χ0n) is 20.5. The van der Waals surface area contributed by atoms with Gasteiger partial charge in [0.2, 0.25) is 17.7 Å². The van der Waals surface area contributed by atoms with E-state index in [-0.39, 0.29) is 29.1 Å². The van der Waals surface area contributed by atoms with Gasteiger partial charge in [-0.2, -0.15) is 0 Å². The third-order valence-corrected chi connectivity index (χ3v) is 9.64. The van der Waals surface area contributed by atoms with Gasteiger partial charge in [-0.25, -0.2) is 4.90 Å². The van der Waals surface area contributed by atoms with Crippen LogP contribution in [0.5, 0.6) is 0 Å². The van der Waals surface area contributed by atoms with E-state index >= 15 is 0 Å². The number of pyridine rings is 1. The first-order valence-corrected chi connectivity index (χ1v) is 14.2. The van der Waals surface area contributed by atoms with Gasteiger partial charge in [-0.15, -0.1) is 0 Å². The number of hydrogen-bond acceptors (Lipinski definition) is 7. The van der Waals surface area contributed by atoms with Crippen LogP contribution in [0.1, 0.15) is 21.9 Å². The van der Waals surface area contributed by atoms with E-state index in [0.29, 0.717) is 26.3 Å². The highest BCUT2D eigenvalue weighted by atomic mass is 35.5. The lowest BCUT2D eigenvalue weighted by Gasteiger charge is -2.30. The molecule has 1 saturated heterocycles. The highest BCUT2D eigenvalue weighted by molar-refractivity contribution is 8.00. The molecule has 2 aliphatic heterocycles. The molecule has 0 saturated carbocycles. The number of thioether (sulfide) groups is 1. The molecule has 2 aliphatic rings. The van der Waals surface area contributed by atoms with Gasteiger partial charge in [-0.05, 0) is 60.5 Å². The predicted molar refractivity (Wildman–Crippen MR) is 152 cm³/mol. The number of fused-ring (bicyclic) bond motifs is 2. The van der Waals surface area contributed by atoms with Crippen LogP contribution >= 0.6 is 34.7 Å². The Morgan fingerprint density at radius 2 is 1.85 bits per heavy atom. The van der Waals surface area contributed by atoms with E-state index in [9.17, 15) is 19.2 Å². The second-order valence-electron chi connectivity index (χ2n) is 9.36. The summed E-state index contributed by atoms with van der Waals surface area (Å²) in [7, 11) is 0. The van der Waals surface area contributed by atoms with E-state index in [4.69, 9.17) is 11.6 Å². The fourth-order valence-corrected chi connectivity index (χ4v) is 7.99. The van der Waals surface area contributed by atoms with Crippen molar-refractivity contribution in [1.82, 2.24) is 9.55 Å². The zero-order valence-corrected chi connectivity index (χ0v) is 22.9. The van der Waals surface area contributed by atoms with E-state index in [0.717, 1.165) is 22.5 Å². The molecule has 39 heavy (non-hydrogen) atoms. The Hall–Kier alpha value is -3.73. The van der Waals surface area contributed by atoms with Crippen LogP contribution in [-0.4, -0.2) is 32.5 Å². The quantitative estimate of drug-likeness (QED) is 0.346. The van der Waals surface area contributed by atoms with Crippen molar-refractivity contribution in [2.75, 3.05) is 10.2 Å². The summed E-state index contributed by atoms with van der Waals surface area (Å²) in [6, 6.07) is 17.5. The molecule has 4 heterocycles. The number of anilines is 2. The second-order valence-corrected chi connectivity index (χ2v) is 11.9. The third kappa shape index (κ3) is 4.58. The number of hydrogen-bond donors (Lipinski definition) is 1. The molecule has 0 radical (unpaired) electrons. The molecule has 8 nitrogen and oxygen atoms in total. The van der Waals surface area contributed by atoms with E-state index < -0.39 is 17.1 Å². The molecule has 3 atom stereocenters. The van der Waals surface area contributed by atoms with Crippen molar-refractivity contribution >= 4 is 63.8 Å². The molecular formula is C28H21ClN4O4S2. The van der Waals surface area contributed by atoms with Crippen molar-refractivity contribution in [1.29, 1.82) is 0 Å². The number of aromatic nitrogens is 2. The fraction of sp³-hybridized carbons (Fsp3) is 0.179. The summed E-state index contributed by atoms with van der Waals surface area (Å²) in [5.74, 6) is -2.37. The average Bonchev–Trinajstić information content (AvgIpc) is 3.36. The van der Waals surface area contributed by atoms with Crippen LogP contribution in [0.2, 0.25) is 5.02 Å². The number of carbonyl (C=O) groups excluding carboxylic acids is 3. The Bertz CT molecular complexity index is 1670. The SMILES string of the molecule is Cc1cccc(NC(=O)Cn2c3c(sc2=O)[C@H](c2cccnc2)C2C(=O)N(c4ccc(Cl)cc4)C(=O)C2S3)c1. The van der Waals surface area contributed by atoms with Gasteiger partial charge in [-0.3, -0.25) is 28.7 Å². The molecule has 6 rings (SSSR count).